The van der Waals surface area contributed by atoms with Gasteiger partial charge in [-0.3, -0.25) is 4.79 Å². The fraction of sp³-hybridized carbons (Fsp3) is 0.308. The molecule has 0 saturated carbocycles. The molecule has 1 atom stereocenters. The van der Waals surface area contributed by atoms with Crippen molar-refractivity contribution in [1.29, 1.82) is 0 Å². The van der Waals surface area contributed by atoms with Crippen LogP contribution in [-0.2, 0) is 11.2 Å². The highest BCUT2D eigenvalue weighted by Crippen LogP contribution is 2.33. The first-order valence-corrected chi connectivity index (χ1v) is 5.29. The van der Waals surface area contributed by atoms with Crippen LogP contribution in [0, 0.1) is 0 Å². The van der Waals surface area contributed by atoms with E-state index >= 15 is 0 Å². The van der Waals surface area contributed by atoms with E-state index in [-0.39, 0.29) is 5.91 Å². The molecule has 0 heterocycles. The standard InChI is InChI=1S/C13H15NO/c1-2-5-13(15)14-9-11-8-10-6-3-4-7-12(10)11/h2-7,11H,8-9H2,1H3,(H,14,15). The summed E-state index contributed by atoms with van der Waals surface area (Å²) in [7, 11) is 0. The van der Waals surface area contributed by atoms with Crippen molar-refractivity contribution in [2.24, 2.45) is 0 Å². The Morgan fingerprint density at radius 1 is 1.53 bits per heavy atom. The molecular formula is C13H15NO. The van der Waals surface area contributed by atoms with Crippen molar-refractivity contribution in [2.75, 3.05) is 6.54 Å². The first kappa shape index (κ1) is 9.97. The van der Waals surface area contributed by atoms with Crippen molar-refractivity contribution >= 4 is 5.91 Å². The summed E-state index contributed by atoms with van der Waals surface area (Å²) in [5, 5.41) is 2.90. The molecule has 2 heteroatoms. The van der Waals surface area contributed by atoms with Crippen molar-refractivity contribution in [2.45, 2.75) is 19.3 Å². The maximum Gasteiger partial charge on any atom is 0.243 e. The van der Waals surface area contributed by atoms with Gasteiger partial charge < -0.3 is 5.32 Å². The van der Waals surface area contributed by atoms with Crippen LogP contribution in [0.3, 0.4) is 0 Å². The van der Waals surface area contributed by atoms with E-state index in [0.717, 1.165) is 13.0 Å². The average Bonchev–Trinajstić information content (AvgIpc) is 2.20. The Bertz CT molecular complexity index is 395. The number of nitrogens with one attached hydrogen (secondary N) is 1. The number of hydrogen-bond acceptors (Lipinski definition) is 1. The van der Waals surface area contributed by atoms with Crippen molar-refractivity contribution in [3.8, 4) is 0 Å². The fourth-order valence-corrected chi connectivity index (χ4v) is 1.98. The van der Waals surface area contributed by atoms with E-state index in [9.17, 15) is 4.79 Å². The molecule has 0 bridgehead atoms. The summed E-state index contributed by atoms with van der Waals surface area (Å²) in [6, 6.07) is 8.41. The number of allylic oxidation sites excluding steroid dienone is 1. The number of benzene rings is 1. The van der Waals surface area contributed by atoms with Gasteiger partial charge in [-0.05, 0) is 30.5 Å². The van der Waals surface area contributed by atoms with Crippen LogP contribution >= 0.6 is 0 Å². The Morgan fingerprint density at radius 2 is 2.33 bits per heavy atom. The molecule has 0 spiro atoms. The van der Waals surface area contributed by atoms with Crippen LogP contribution in [0.15, 0.2) is 36.4 Å². The highest BCUT2D eigenvalue weighted by molar-refractivity contribution is 5.87. The quantitative estimate of drug-likeness (QED) is 0.745. The second kappa shape index (κ2) is 4.30. The number of rotatable bonds is 3. The van der Waals surface area contributed by atoms with Crippen LogP contribution in [0.5, 0.6) is 0 Å². The lowest BCUT2D eigenvalue weighted by atomic mass is 9.77. The molecule has 0 aliphatic heterocycles. The lowest BCUT2D eigenvalue weighted by Crippen LogP contribution is -2.32. The van der Waals surface area contributed by atoms with Gasteiger partial charge in [-0.25, -0.2) is 0 Å². The van der Waals surface area contributed by atoms with Gasteiger partial charge in [0.15, 0.2) is 0 Å². The summed E-state index contributed by atoms with van der Waals surface area (Å²) in [5.74, 6) is 0.511. The van der Waals surface area contributed by atoms with Crippen LogP contribution in [0.4, 0.5) is 0 Å². The van der Waals surface area contributed by atoms with Gasteiger partial charge in [0, 0.05) is 12.5 Å². The first-order chi connectivity index (χ1) is 7.31. The zero-order chi connectivity index (χ0) is 10.7. The van der Waals surface area contributed by atoms with E-state index < -0.39 is 0 Å². The van der Waals surface area contributed by atoms with E-state index in [0.29, 0.717) is 5.92 Å². The molecule has 1 amide bonds. The number of carbonyl (C=O) groups is 1. The summed E-state index contributed by atoms with van der Waals surface area (Å²) < 4.78 is 0. The van der Waals surface area contributed by atoms with Crippen LogP contribution < -0.4 is 5.32 Å². The third-order valence-corrected chi connectivity index (χ3v) is 2.80. The molecule has 1 N–H and O–H groups in total. The minimum absolute atomic E-state index is 0.00174. The van der Waals surface area contributed by atoms with E-state index in [4.69, 9.17) is 0 Å². The minimum atomic E-state index is 0.00174. The van der Waals surface area contributed by atoms with E-state index in [2.05, 4.69) is 29.6 Å². The van der Waals surface area contributed by atoms with Crippen molar-refractivity contribution < 1.29 is 4.79 Å². The lowest BCUT2D eigenvalue weighted by Gasteiger charge is -2.29. The molecule has 2 rings (SSSR count). The highest BCUT2D eigenvalue weighted by Gasteiger charge is 2.24. The Kier molecular flexibility index (Phi) is 2.86. The molecule has 1 aromatic carbocycles. The summed E-state index contributed by atoms with van der Waals surface area (Å²) in [6.45, 7) is 2.60. The third kappa shape index (κ3) is 2.09. The lowest BCUT2D eigenvalue weighted by molar-refractivity contribution is -0.116. The number of amides is 1. The van der Waals surface area contributed by atoms with E-state index in [1.54, 1.807) is 12.2 Å². The van der Waals surface area contributed by atoms with Crippen LogP contribution in [-0.4, -0.2) is 12.5 Å². The van der Waals surface area contributed by atoms with Crippen LogP contribution in [0.1, 0.15) is 24.0 Å². The monoisotopic (exact) mass is 201 g/mol. The zero-order valence-corrected chi connectivity index (χ0v) is 8.86. The van der Waals surface area contributed by atoms with Gasteiger partial charge >= 0.3 is 0 Å². The molecule has 0 fully saturated rings. The maximum atomic E-state index is 11.2. The molecular weight excluding hydrogens is 186 g/mol. The molecule has 1 unspecified atom stereocenters. The third-order valence-electron chi connectivity index (χ3n) is 2.80. The van der Waals surface area contributed by atoms with Crippen molar-refractivity contribution in [1.82, 2.24) is 5.32 Å². The molecule has 2 nitrogen and oxygen atoms in total. The second-order valence-corrected chi connectivity index (χ2v) is 3.85. The minimum Gasteiger partial charge on any atom is -0.352 e. The van der Waals surface area contributed by atoms with Crippen molar-refractivity contribution in [3.63, 3.8) is 0 Å². The Hall–Kier alpha value is -1.57. The molecule has 1 aliphatic carbocycles. The molecule has 0 aromatic heterocycles. The number of fused-ring (bicyclic) bond motifs is 1. The first-order valence-electron chi connectivity index (χ1n) is 5.29. The SMILES string of the molecule is CC=CC(=O)NCC1Cc2ccccc21. The Labute approximate surface area is 90.0 Å². The molecule has 15 heavy (non-hydrogen) atoms. The maximum absolute atomic E-state index is 11.2. The topological polar surface area (TPSA) is 29.1 Å². The zero-order valence-electron chi connectivity index (χ0n) is 8.86. The molecule has 0 radical (unpaired) electrons. The van der Waals surface area contributed by atoms with Gasteiger partial charge in [0.05, 0.1) is 0 Å². The van der Waals surface area contributed by atoms with E-state index in [1.165, 1.54) is 11.1 Å². The Morgan fingerprint density at radius 3 is 3.07 bits per heavy atom. The van der Waals surface area contributed by atoms with Gasteiger partial charge in [-0.15, -0.1) is 0 Å². The van der Waals surface area contributed by atoms with Gasteiger partial charge in [0.2, 0.25) is 5.91 Å². The molecule has 78 valence electrons. The predicted octanol–water partition coefficient (Wildman–Crippen LogP) is 2.02. The Balaban J connectivity index is 1.87. The molecule has 1 aromatic rings. The van der Waals surface area contributed by atoms with E-state index in [1.807, 2.05) is 6.92 Å². The molecule has 0 saturated heterocycles. The van der Waals surface area contributed by atoms with Gasteiger partial charge in [-0.2, -0.15) is 0 Å². The van der Waals surface area contributed by atoms with Gasteiger partial charge in [0.25, 0.3) is 0 Å². The number of carbonyl (C=O) groups excluding carboxylic acids is 1. The summed E-state index contributed by atoms with van der Waals surface area (Å²) >= 11 is 0. The largest absolute Gasteiger partial charge is 0.352 e. The smallest absolute Gasteiger partial charge is 0.243 e. The fourth-order valence-electron chi connectivity index (χ4n) is 1.98. The summed E-state index contributed by atoms with van der Waals surface area (Å²) in [5.41, 5.74) is 2.81. The van der Waals surface area contributed by atoms with Gasteiger partial charge in [-0.1, -0.05) is 30.3 Å². The summed E-state index contributed by atoms with van der Waals surface area (Å²) in [6.07, 6.45) is 4.40. The normalized spacial score (nSPS) is 18.3. The van der Waals surface area contributed by atoms with Crippen LogP contribution in [0.2, 0.25) is 0 Å². The molecule has 1 aliphatic rings. The number of hydrogen-bond donors (Lipinski definition) is 1. The van der Waals surface area contributed by atoms with Crippen molar-refractivity contribution in [3.05, 3.63) is 47.5 Å². The second-order valence-electron chi connectivity index (χ2n) is 3.85. The average molecular weight is 201 g/mol. The summed E-state index contributed by atoms with van der Waals surface area (Å²) in [4.78, 5) is 11.2. The van der Waals surface area contributed by atoms with Crippen LogP contribution in [0.25, 0.3) is 0 Å². The highest BCUT2D eigenvalue weighted by atomic mass is 16.1. The van der Waals surface area contributed by atoms with Gasteiger partial charge in [0.1, 0.15) is 0 Å². The predicted molar refractivity (Wildman–Crippen MR) is 60.7 cm³/mol.